The summed E-state index contributed by atoms with van der Waals surface area (Å²) in [5.74, 6) is 0.823. The molecule has 4 nitrogen and oxygen atoms in total. The zero-order valence-corrected chi connectivity index (χ0v) is 8.61. The monoisotopic (exact) mass is 205 g/mol. The molecule has 0 heterocycles. The molecule has 1 aromatic rings. The number of ether oxygens (including phenoxy) is 2. The van der Waals surface area contributed by atoms with Gasteiger partial charge in [0.05, 0.1) is 32.3 Å². The third-order valence-corrected chi connectivity index (χ3v) is 2.03. The van der Waals surface area contributed by atoms with Gasteiger partial charge in [-0.25, -0.2) is 0 Å². The van der Waals surface area contributed by atoms with Crippen molar-refractivity contribution < 1.29 is 14.3 Å². The number of methoxy groups -OCH3 is 2. The van der Waals surface area contributed by atoms with E-state index in [1.165, 1.54) is 14.2 Å². The molecular formula is C11H11NO3. The lowest BCUT2D eigenvalue weighted by Crippen LogP contribution is -1.99. The molecule has 1 rings (SSSR count). The average molecular weight is 205 g/mol. The standard InChI is InChI=1S/C11H11NO3/c1-14-10-8(5-6-12)3-4-9(7-13)11(10)15-2/h3-4,7H,5H2,1-2H3. The molecule has 0 amide bonds. The minimum atomic E-state index is 0.221. The van der Waals surface area contributed by atoms with Crippen LogP contribution in [0.3, 0.4) is 0 Å². The summed E-state index contributed by atoms with van der Waals surface area (Å²) in [6, 6.07) is 5.32. The molecular weight excluding hydrogens is 194 g/mol. The fourth-order valence-corrected chi connectivity index (χ4v) is 1.37. The lowest BCUT2D eigenvalue weighted by molar-refractivity contribution is 0.112. The third-order valence-electron chi connectivity index (χ3n) is 2.03. The molecule has 0 saturated carbocycles. The van der Waals surface area contributed by atoms with Crippen molar-refractivity contribution in [3.8, 4) is 17.6 Å². The van der Waals surface area contributed by atoms with Crippen LogP contribution in [0.4, 0.5) is 0 Å². The average Bonchev–Trinajstić information content (AvgIpc) is 2.28. The van der Waals surface area contributed by atoms with Crippen LogP contribution in [-0.2, 0) is 6.42 Å². The minimum absolute atomic E-state index is 0.221. The Balaban J connectivity index is 3.35. The molecule has 0 N–H and O–H groups in total. The molecule has 0 aliphatic heterocycles. The van der Waals surface area contributed by atoms with Crippen molar-refractivity contribution in [1.82, 2.24) is 0 Å². The molecule has 0 atom stereocenters. The van der Waals surface area contributed by atoms with Crippen molar-refractivity contribution in [3.63, 3.8) is 0 Å². The van der Waals surface area contributed by atoms with Crippen molar-refractivity contribution in [1.29, 1.82) is 5.26 Å². The first-order valence-electron chi connectivity index (χ1n) is 4.34. The molecule has 0 aliphatic rings. The molecule has 4 heteroatoms. The molecule has 0 radical (unpaired) electrons. The highest BCUT2D eigenvalue weighted by atomic mass is 16.5. The first-order chi connectivity index (χ1) is 7.28. The van der Waals surface area contributed by atoms with Crippen molar-refractivity contribution in [2.75, 3.05) is 14.2 Å². The van der Waals surface area contributed by atoms with Gasteiger partial charge in [0.15, 0.2) is 17.8 Å². The van der Waals surface area contributed by atoms with E-state index in [9.17, 15) is 4.79 Å². The van der Waals surface area contributed by atoms with E-state index in [1.54, 1.807) is 12.1 Å². The smallest absolute Gasteiger partial charge is 0.171 e. The Hall–Kier alpha value is -2.02. The van der Waals surface area contributed by atoms with Gasteiger partial charge in [0.2, 0.25) is 0 Å². The summed E-state index contributed by atoms with van der Waals surface area (Å²) in [5, 5.41) is 8.61. The summed E-state index contributed by atoms with van der Waals surface area (Å²) >= 11 is 0. The second kappa shape index (κ2) is 5.01. The van der Waals surface area contributed by atoms with Crippen LogP contribution in [0.5, 0.6) is 11.5 Å². The van der Waals surface area contributed by atoms with Gasteiger partial charge in [-0.1, -0.05) is 6.07 Å². The van der Waals surface area contributed by atoms with Gasteiger partial charge >= 0.3 is 0 Å². The number of carbonyl (C=O) groups excluding carboxylic acids is 1. The molecule has 0 saturated heterocycles. The Morgan fingerprint density at radius 2 is 2.00 bits per heavy atom. The number of rotatable bonds is 4. The quantitative estimate of drug-likeness (QED) is 0.700. The molecule has 0 aliphatic carbocycles. The molecule has 0 bridgehead atoms. The lowest BCUT2D eigenvalue weighted by atomic mass is 10.1. The van der Waals surface area contributed by atoms with Crippen LogP contribution in [-0.4, -0.2) is 20.5 Å². The van der Waals surface area contributed by atoms with E-state index in [4.69, 9.17) is 14.7 Å². The molecule has 15 heavy (non-hydrogen) atoms. The Kier molecular flexibility index (Phi) is 3.69. The topological polar surface area (TPSA) is 59.3 Å². The number of carbonyl (C=O) groups is 1. The van der Waals surface area contributed by atoms with Crippen LogP contribution in [0, 0.1) is 11.3 Å². The van der Waals surface area contributed by atoms with Crippen molar-refractivity contribution >= 4 is 6.29 Å². The normalized spacial score (nSPS) is 9.13. The zero-order chi connectivity index (χ0) is 11.3. The number of benzene rings is 1. The van der Waals surface area contributed by atoms with E-state index < -0.39 is 0 Å². The predicted molar refractivity (Wildman–Crippen MR) is 54.3 cm³/mol. The minimum Gasteiger partial charge on any atom is -0.493 e. The van der Waals surface area contributed by atoms with Crippen LogP contribution >= 0.6 is 0 Å². The number of nitrogens with zero attached hydrogens (tertiary/aromatic N) is 1. The van der Waals surface area contributed by atoms with Crippen molar-refractivity contribution in [3.05, 3.63) is 23.3 Å². The van der Waals surface area contributed by atoms with Crippen LogP contribution < -0.4 is 9.47 Å². The molecule has 1 aromatic carbocycles. The zero-order valence-electron chi connectivity index (χ0n) is 8.61. The van der Waals surface area contributed by atoms with Crippen LogP contribution in [0.1, 0.15) is 15.9 Å². The first kappa shape index (κ1) is 11.1. The van der Waals surface area contributed by atoms with E-state index in [2.05, 4.69) is 0 Å². The van der Waals surface area contributed by atoms with E-state index in [0.29, 0.717) is 28.9 Å². The SMILES string of the molecule is COc1c(C=O)ccc(CC#N)c1OC. The van der Waals surface area contributed by atoms with Crippen molar-refractivity contribution in [2.24, 2.45) is 0 Å². The third kappa shape index (κ3) is 2.08. The predicted octanol–water partition coefficient (Wildman–Crippen LogP) is 1.58. The summed E-state index contributed by atoms with van der Waals surface area (Å²) in [7, 11) is 2.94. The van der Waals surface area contributed by atoms with Gasteiger partial charge in [-0.3, -0.25) is 4.79 Å². The number of aldehydes is 1. The summed E-state index contributed by atoms with van der Waals surface area (Å²) in [6.07, 6.45) is 0.913. The highest BCUT2D eigenvalue weighted by molar-refractivity contribution is 5.81. The van der Waals surface area contributed by atoms with E-state index in [-0.39, 0.29) is 6.42 Å². The van der Waals surface area contributed by atoms with Gasteiger partial charge in [-0.05, 0) is 6.07 Å². The fraction of sp³-hybridized carbons (Fsp3) is 0.273. The summed E-state index contributed by atoms with van der Waals surface area (Å²) in [4.78, 5) is 10.7. The van der Waals surface area contributed by atoms with Gasteiger partial charge in [0.1, 0.15) is 0 Å². The number of hydrogen-bond acceptors (Lipinski definition) is 4. The van der Waals surface area contributed by atoms with Gasteiger partial charge in [-0.2, -0.15) is 5.26 Å². The highest BCUT2D eigenvalue weighted by Gasteiger charge is 2.13. The van der Waals surface area contributed by atoms with E-state index >= 15 is 0 Å². The fourth-order valence-electron chi connectivity index (χ4n) is 1.37. The lowest BCUT2D eigenvalue weighted by Gasteiger charge is -2.12. The molecule has 0 fully saturated rings. The maximum atomic E-state index is 10.7. The Labute approximate surface area is 88.0 Å². The maximum Gasteiger partial charge on any atom is 0.171 e. The van der Waals surface area contributed by atoms with Crippen LogP contribution in [0.25, 0.3) is 0 Å². The Morgan fingerprint density at radius 1 is 1.33 bits per heavy atom. The van der Waals surface area contributed by atoms with Gasteiger partial charge < -0.3 is 9.47 Å². The summed E-state index contributed by atoms with van der Waals surface area (Å²) in [6.45, 7) is 0. The second-order valence-electron chi connectivity index (χ2n) is 2.83. The molecule has 0 aromatic heterocycles. The van der Waals surface area contributed by atoms with Crippen molar-refractivity contribution in [2.45, 2.75) is 6.42 Å². The number of nitriles is 1. The van der Waals surface area contributed by atoms with Gasteiger partial charge in [0, 0.05) is 5.56 Å². The van der Waals surface area contributed by atoms with E-state index in [0.717, 1.165) is 0 Å². The van der Waals surface area contributed by atoms with Gasteiger partial charge in [0.25, 0.3) is 0 Å². The summed E-state index contributed by atoms with van der Waals surface area (Å²) < 4.78 is 10.2. The van der Waals surface area contributed by atoms with E-state index in [1.807, 2.05) is 6.07 Å². The summed E-state index contributed by atoms with van der Waals surface area (Å²) in [5.41, 5.74) is 1.12. The second-order valence-corrected chi connectivity index (χ2v) is 2.83. The molecule has 78 valence electrons. The highest BCUT2D eigenvalue weighted by Crippen LogP contribution is 2.34. The number of hydrogen-bond donors (Lipinski definition) is 0. The Bertz CT molecular complexity index is 407. The van der Waals surface area contributed by atoms with Crippen LogP contribution in [0.15, 0.2) is 12.1 Å². The Morgan fingerprint density at radius 3 is 2.47 bits per heavy atom. The molecule has 0 unspecified atom stereocenters. The van der Waals surface area contributed by atoms with Gasteiger partial charge in [-0.15, -0.1) is 0 Å². The maximum absolute atomic E-state index is 10.7. The van der Waals surface area contributed by atoms with Crippen LogP contribution in [0.2, 0.25) is 0 Å². The largest absolute Gasteiger partial charge is 0.493 e. The first-order valence-corrected chi connectivity index (χ1v) is 4.34. The molecule has 0 spiro atoms.